The van der Waals surface area contributed by atoms with Gasteiger partial charge in [0.05, 0.1) is 12.0 Å². The molecule has 0 atom stereocenters. The Morgan fingerprint density at radius 3 is 2.33 bits per heavy atom. The Bertz CT molecular complexity index is 463. The van der Waals surface area contributed by atoms with Gasteiger partial charge in [0.2, 0.25) is 5.91 Å². The molecule has 0 spiro atoms. The molecule has 0 saturated heterocycles. The van der Waals surface area contributed by atoms with Crippen LogP contribution in [0.3, 0.4) is 0 Å². The Balaban J connectivity index is 2.13. The van der Waals surface area contributed by atoms with Gasteiger partial charge in [-0.15, -0.1) is 0 Å². The van der Waals surface area contributed by atoms with E-state index >= 15 is 0 Å². The number of carbonyl (C=O) groups excluding carboxylic acids is 2. The molecule has 0 aromatic heterocycles. The topological polar surface area (TPSA) is 46.2 Å². The number of carbonyl (C=O) groups is 2. The molecule has 0 aliphatic heterocycles. The number of nitrogens with one attached hydrogen (secondary N) is 1. The van der Waals surface area contributed by atoms with Crippen LogP contribution in [0.4, 0.5) is 0 Å². The number of benzene rings is 1. The van der Waals surface area contributed by atoms with Crippen molar-refractivity contribution in [1.29, 1.82) is 0 Å². The molecule has 1 N–H and O–H groups in total. The maximum absolute atomic E-state index is 11.7. The van der Waals surface area contributed by atoms with Gasteiger partial charge in [-0.3, -0.25) is 9.59 Å². The van der Waals surface area contributed by atoms with Crippen molar-refractivity contribution in [2.24, 2.45) is 0 Å². The smallest absolute Gasteiger partial charge is 0.228 e. The zero-order chi connectivity index (χ0) is 13.2. The third-order valence-corrected chi connectivity index (χ3v) is 3.64. The maximum Gasteiger partial charge on any atom is 0.228 e. The first-order valence-corrected chi connectivity index (χ1v) is 6.46. The van der Waals surface area contributed by atoms with E-state index in [0.717, 1.165) is 24.8 Å². The van der Waals surface area contributed by atoms with Crippen molar-refractivity contribution in [2.45, 2.75) is 38.1 Å². The normalized spacial score (nSPS) is 16.8. The molecule has 0 bridgehead atoms. The molecule has 4 heteroatoms. The molecule has 96 valence electrons. The fourth-order valence-electron chi connectivity index (χ4n) is 2.32. The largest absolute Gasteiger partial charge is 0.346 e. The molecule has 1 aliphatic rings. The highest BCUT2D eigenvalue weighted by Crippen LogP contribution is 2.41. The molecule has 0 radical (unpaired) electrons. The second-order valence-corrected chi connectivity index (χ2v) is 5.31. The molecular formula is C14H16ClNO2. The fraction of sp³-hybridized carbons (Fsp3) is 0.429. The zero-order valence-corrected chi connectivity index (χ0v) is 11.1. The summed E-state index contributed by atoms with van der Waals surface area (Å²) in [4.78, 5) is 22.7. The maximum atomic E-state index is 11.7. The molecule has 18 heavy (non-hydrogen) atoms. The number of amides is 1. The van der Waals surface area contributed by atoms with E-state index in [1.54, 1.807) is 0 Å². The molecule has 3 nitrogen and oxygen atoms in total. The molecule has 1 aromatic rings. The van der Waals surface area contributed by atoms with E-state index in [4.69, 9.17) is 11.6 Å². The number of ketones is 1. The van der Waals surface area contributed by atoms with Crippen molar-refractivity contribution in [3.8, 4) is 0 Å². The van der Waals surface area contributed by atoms with E-state index in [9.17, 15) is 9.59 Å². The Labute approximate surface area is 112 Å². The third-order valence-electron chi connectivity index (χ3n) is 3.39. The van der Waals surface area contributed by atoms with Gasteiger partial charge in [0, 0.05) is 5.02 Å². The highest BCUT2D eigenvalue weighted by molar-refractivity contribution is 6.30. The minimum absolute atomic E-state index is 0.0463. The average Bonchev–Trinajstić information content (AvgIpc) is 2.24. The van der Waals surface area contributed by atoms with E-state index in [2.05, 4.69) is 5.32 Å². The van der Waals surface area contributed by atoms with Gasteiger partial charge in [0.15, 0.2) is 0 Å². The van der Waals surface area contributed by atoms with Crippen LogP contribution in [0.1, 0.15) is 38.2 Å². The monoisotopic (exact) mass is 265 g/mol. The second kappa shape index (κ2) is 5.11. The van der Waals surface area contributed by atoms with Crippen LogP contribution < -0.4 is 5.32 Å². The van der Waals surface area contributed by atoms with Crippen LogP contribution in [0.5, 0.6) is 0 Å². The van der Waals surface area contributed by atoms with Gasteiger partial charge in [-0.2, -0.15) is 0 Å². The third kappa shape index (κ3) is 2.72. The summed E-state index contributed by atoms with van der Waals surface area (Å²) in [5.74, 6) is -0.310. The molecule has 1 amide bonds. The van der Waals surface area contributed by atoms with Crippen LogP contribution >= 0.6 is 11.6 Å². The van der Waals surface area contributed by atoms with Crippen LogP contribution in [0.15, 0.2) is 24.3 Å². The van der Waals surface area contributed by atoms with Gasteiger partial charge in [-0.25, -0.2) is 0 Å². The van der Waals surface area contributed by atoms with Crippen molar-refractivity contribution >= 4 is 23.3 Å². The minimum Gasteiger partial charge on any atom is -0.346 e. The van der Waals surface area contributed by atoms with Gasteiger partial charge in [-0.1, -0.05) is 23.7 Å². The summed E-state index contributed by atoms with van der Waals surface area (Å²) < 4.78 is 0. The lowest BCUT2D eigenvalue weighted by Crippen LogP contribution is -2.51. The van der Waals surface area contributed by atoms with Gasteiger partial charge < -0.3 is 5.32 Å². The first-order chi connectivity index (χ1) is 8.52. The quantitative estimate of drug-likeness (QED) is 0.851. The molecular weight excluding hydrogens is 250 g/mol. The van der Waals surface area contributed by atoms with Gasteiger partial charge in [0.1, 0.15) is 5.78 Å². The summed E-state index contributed by atoms with van der Waals surface area (Å²) >= 11 is 5.87. The molecule has 2 rings (SSSR count). The van der Waals surface area contributed by atoms with E-state index in [1.807, 2.05) is 24.3 Å². The summed E-state index contributed by atoms with van der Waals surface area (Å²) in [5.41, 5.74) is 0.770. The SMILES string of the molecule is CC(=O)CC(=O)NC1(c2ccc(Cl)cc2)CCC1. The summed E-state index contributed by atoms with van der Waals surface area (Å²) in [6.07, 6.45) is 2.87. The number of hydrogen-bond acceptors (Lipinski definition) is 2. The minimum atomic E-state index is -0.295. The van der Waals surface area contributed by atoms with Crippen LogP contribution in [-0.4, -0.2) is 11.7 Å². The highest BCUT2D eigenvalue weighted by Gasteiger charge is 2.39. The zero-order valence-electron chi connectivity index (χ0n) is 10.3. The van der Waals surface area contributed by atoms with Crippen molar-refractivity contribution in [3.63, 3.8) is 0 Å². The van der Waals surface area contributed by atoms with Gasteiger partial charge in [0.25, 0.3) is 0 Å². The lowest BCUT2D eigenvalue weighted by molar-refractivity contribution is -0.129. The summed E-state index contributed by atoms with van der Waals surface area (Å²) in [7, 11) is 0. The van der Waals surface area contributed by atoms with Crippen LogP contribution in [0, 0.1) is 0 Å². The van der Waals surface area contributed by atoms with Gasteiger partial charge in [-0.05, 0) is 43.9 Å². The fourth-order valence-corrected chi connectivity index (χ4v) is 2.45. The molecule has 1 aromatic carbocycles. The summed E-state index contributed by atoms with van der Waals surface area (Å²) in [6.45, 7) is 1.43. The number of rotatable bonds is 4. The Morgan fingerprint density at radius 1 is 1.28 bits per heavy atom. The molecule has 1 fully saturated rings. The molecule has 1 aliphatic carbocycles. The molecule has 0 unspecified atom stereocenters. The van der Waals surface area contributed by atoms with Crippen molar-refractivity contribution in [1.82, 2.24) is 5.32 Å². The predicted octanol–water partition coefficient (Wildman–Crippen LogP) is 2.81. The number of Topliss-reactive ketones (excluding diaryl/α,β-unsaturated/α-hetero) is 1. The van der Waals surface area contributed by atoms with E-state index in [-0.39, 0.29) is 23.7 Å². The van der Waals surface area contributed by atoms with E-state index in [1.165, 1.54) is 6.92 Å². The van der Waals surface area contributed by atoms with Crippen molar-refractivity contribution in [2.75, 3.05) is 0 Å². The summed E-state index contributed by atoms with van der Waals surface area (Å²) in [5, 5.41) is 3.68. The summed E-state index contributed by atoms with van der Waals surface area (Å²) in [6, 6.07) is 7.53. The lowest BCUT2D eigenvalue weighted by atomic mass is 9.71. The highest BCUT2D eigenvalue weighted by atomic mass is 35.5. The average molecular weight is 266 g/mol. The van der Waals surface area contributed by atoms with Crippen LogP contribution in [0.25, 0.3) is 0 Å². The van der Waals surface area contributed by atoms with Crippen molar-refractivity contribution < 1.29 is 9.59 Å². The Hall–Kier alpha value is -1.35. The van der Waals surface area contributed by atoms with E-state index in [0.29, 0.717) is 5.02 Å². The molecule has 0 heterocycles. The second-order valence-electron chi connectivity index (χ2n) is 4.87. The standard InChI is InChI=1S/C14H16ClNO2/c1-10(17)9-13(18)16-14(7-2-8-14)11-3-5-12(15)6-4-11/h3-6H,2,7-9H2,1H3,(H,16,18). The van der Waals surface area contributed by atoms with Crippen molar-refractivity contribution in [3.05, 3.63) is 34.9 Å². The van der Waals surface area contributed by atoms with Crippen LogP contribution in [0.2, 0.25) is 5.02 Å². The number of halogens is 1. The van der Waals surface area contributed by atoms with E-state index < -0.39 is 0 Å². The Morgan fingerprint density at radius 2 is 1.89 bits per heavy atom. The first kappa shape index (κ1) is 13.1. The predicted molar refractivity (Wildman–Crippen MR) is 70.4 cm³/mol. The first-order valence-electron chi connectivity index (χ1n) is 6.08. The van der Waals surface area contributed by atoms with Crippen LogP contribution in [-0.2, 0) is 15.1 Å². The molecule has 1 saturated carbocycles. The Kier molecular flexibility index (Phi) is 3.71. The lowest BCUT2D eigenvalue weighted by Gasteiger charge is -2.43. The number of hydrogen-bond donors (Lipinski definition) is 1. The van der Waals surface area contributed by atoms with Gasteiger partial charge >= 0.3 is 0 Å².